The molecular formula is C25H37ClO2. The molecule has 0 fully saturated rings. The van der Waals surface area contributed by atoms with Crippen LogP contribution in [0.2, 0.25) is 0 Å². The number of aryl methyl sites for hydroxylation is 1. The normalized spacial score (nSPS) is 11.1. The molecule has 0 aliphatic heterocycles. The molecule has 0 aliphatic rings. The molecule has 2 nitrogen and oxygen atoms in total. The van der Waals surface area contributed by atoms with E-state index in [9.17, 15) is 0 Å². The SMILES string of the molecule is CCCCCCCCOc1c(CC)cc(OCCCCCCl)c2ccccc12. The molecule has 2 aromatic carbocycles. The van der Waals surface area contributed by atoms with Crippen LogP contribution in [-0.2, 0) is 6.42 Å². The average molecular weight is 405 g/mol. The Labute approximate surface area is 176 Å². The van der Waals surface area contributed by atoms with Gasteiger partial charge >= 0.3 is 0 Å². The highest BCUT2D eigenvalue weighted by Gasteiger charge is 2.13. The molecule has 0 radical (unpaired) electrons. The van der Waals surface area contributed by atoms with Crippen molar-refractivity contribution in [1.82, 2.24) is 0 Å². The Morgan fingerprint density at radius 1 is 0.750 bits per heavy atom. The molecule has 0 unspecified atom stereocenters. The summed E-state index contributed by atoms with van der Waals surface area (Å²) in [6, 6.07) is 10.6. The number of hydrogen-bond donors (Lipinski definition) is 0. The van der Waals surface area contributed by atoms with Crippen molar-refractivity contribution in [2.75, 3.05) is 19.1 Å². The largest absolute Gasteiger partial charge is 0.493 e. The first-order chi connectivity index (χ1) is 13.8. The number of ether oxygens (including phenoxy) is 2. The predicted octanol–water partition coefficient (Wildman–Crippen LogP) is 7.93. The number of alkyl halides is 1. The summed E-state index contributed by atoms with van der Waals surface area (Å²) in [6.45, 7) is 5.98. The molecule has 0 heterocycles. The molecule has 2 aromatic rings. The number of unbranched alkanes of at least 4 members (excludes halogenated alkanes) is 7. The quantitative estimate of drug-likeness (QED) is 0.221. The molecule has 0 aliphatic carbocycles. The third-order valence-corrected chi connectivity index (χ3v) is 5.46. The van der Waals surface area contributed by atoms with Crippen molar-refractivity contribution >= 4 is 22.4 Å². The molecule has 28 heavy (non-hydrogen) atoms. The first-order valence-electron chi connectivity index (χ1n) is 11.2. The fourth-order valence-electron chi connectivity index (χ4n) is 3.54. The molecule has 0 saturated heterocycles. The third kappa shape index (κ3) is 7.20. The van der Waals surface area contributed by atoms with E-state index in [1.54, 1.807) is 0 Å². The van der Waals surface area contributed by atoms with E-state index in [-0.39, 0.29) is 0 Å². The van der Waals surface area contributed by atoms with Gasteiger partial charge in [-0.15, -0.1) is 11.6 Å². The van der Waals surface area contributed by atoms with Crippen molar-refractivity contribution in [2.45, 2.75) is 78.1 Å². The van der Waals surface area contributed by atoms with Crippen LogP contribution in [0.1, 0.15) is 77.2 Å². The first-order valence-corrected chi connectivity index (χ1v) is 11.7. The molecule has 0 N–H and O–H groups in total. The topological polar surface area (TPSA) is 18.5 Å². The lowest BCUT2D eigenvalue weighted by Gasteiger charge is -2.17. The van der Waals surface area contributed by atoms with E-state index in [0.29, 0.717) is 0 Å². The third-order valence-electron chi connectivity index (χ3n) is 5.19. The fourth-order valence-corrected chi connectivity index (χ4v) is 3.72. The van der Waals surface area contributed by atoms with Crippen LogP contribution in [0.3, 0.4) is 0 Å². The molecular weight excluding hydrogens is 368 g/mol. The number of rotatable bonds is 15. The second-order valence-corrected chi connectivity index (χ2v) is 7.85. The monoisotopic (exact) mass is 404 g/mol. The lowest BCUT2D eigenvalue weighted by atomic mass is 10.0. The molecule has 0 atom stereocenters. The molecule has 3 heteroatoms. The van der Waals surface area contributed by atoms with Crippen LogP contribution in [-0.4, -0.2) is 19.1 Å². The van der Waals surface area contributed by atoms with Crippen LogP contribution in [0.25, 0.3) is 10.8 Å². The maximum atomic E-state index is 6.29. The maximum absolute atomic E-state index is 6.29. The van der Waals surface area contributed by atoms with Gasteiger partial charge < -0.3 is 9.47 Å². The summed E-state index contributed by atoms with van der Waals surface area (Å²) in [7, 11) is 0. The number of fused-ring (bicyclic) bond motifs is 1. The smallest absolute Gasteiger partial charge is 0.130 e. The van der Waals surface area contributed by atoms with Crippen LogP contribution < -0.4 is 9.47 Å². The van der Waals surface area contributed by atoms with E-state index in [2.05, 4.69) is 44.2 Å². The first kappa shape index (κ1) is 22.9. The second kappa shape index (κ2) is 13.7. The molecule has 0 spiro atoms. The van der Waals surface area contributed by atoms with Gasteiger partial charge in [0.05, 0.1) is 13.2 Å². The lowest BCUT2D eigenvalue weighted by Crippen LogP contribution is -2.03. The summed E-state index contributed by atoms with van der Waals surface area (Å²) < 4.78 is 12.4. The zero-order chi connectivity index (χ0) is 20.0. The summed E-state index contributed by atoms with van der Waals surface area (Å²) in [6.07, 6.45) is 11.8. The van der Waals surface area contributed by atoms with Crippen LogP contribution in [0.4, 0.5) is 0 Å². The van der Waals surface area contributed by atoms with Gasteiger partial charge in [0.25, 0.3) is 0 Å². The van der Waals surface area contributed by atoms with Gasteiger partial charge in [-0.25, -0.2) is 0 Å². The zero-order valence-corrected chi connectivity index (χ0v) is 18.5. The Hall–Kier alpha value is -1.41. The molecule has 156 valence electrons. The molecule has 0 aromatic heterocycles. The average Bonchev–Trinajstić information content (AvgIpc) is 2.73. The minimum atomic E-state index is 0.730. The van der Waals surface area contributed by atoms with Crippen molar-refractivity contribution in [3.05, 3.63) is 35.9 Å². The minimum Gasteiger partial charge on any atom is -0.493 e. The highest BCUT2D eigenvalue weighted by atomic mass is 35.5. The zero-order valence-electron chi connectivity index (χ0n) is 17.8. The Morgan fingerprint density at radius 2 is 1.39 bits per heavy atom. The fraction of sp³-hybridized carbons (Fsp3) is 0.600. The van der Waals surface area contributed by atoms with E-state index < -0.39 is 0 Å². The Morgan fingerprint density at radius 3 is 2.11 bits per heavy atom. The van der Waals surface area contributed by atoms with Crippen molar-refractivity contribution in [3.8, 4) is 11.5 Å². The summed E-state index contributed by atoms with van der Waals surface area (Å²) in [4.78, 5) is 0. The van der Waals surface area contributed by atoms with Gasteiger partial charge in [0.1, 0.15) is 11.5 Å². The van der Waals surface area contributed by atoms with E-state index in [0.717, 1.165) is 68.1 Å². The van der Waals surface area contributed by atoms with Gasteiger partial charge in [0, 0.05) is 16.7 Å². The summed E-state index contributed by atoms with van der Waals surface area (Å²) in [5.41, 5.74) is 1.24. The van der Waals surface area contributed by atoms with E-state index in [1.165, 1.54) is 43.1 Å². The van der Waals surface area contributed by atoms with Crippen LogP contribution in [0.15, 0.2) is 30.3 Å². The van der Waals surface area contributed by atoms with Crippen molar-refractivity contribution in [1.29, 1.82) is 0 Å². The van der Waals surface area contributed by atoms with Gasteiger partial charge in [-0.05, 0) is 43.7 Å². The summed E-state index contributed by atoms with van der Waals surface area (Å²) in [5.74, 6) is 2.75. The lowest BCUT2D eigenvalue weighted by molar-refractivity contribution is 0.300. The van der Waals surface area contributed by atoms with Gasteiger partial charge in [0.15, 0.2) is 0 Å². The summed E-state index contributed by atoms with van der Waals surface area (Å²) in [5, 5.41) is 2.32. The highest BCUT2D eigenvalue weighted by molar-refractivity contribution is 6.17. The number of hydrogen-bond acceptors (Lipinski definition) is 2. The Kier molecular flexibility index (Phi) is 11.2. The standard InChI is InChI=1S/C25H37ClO2/c1-3-5-6-7-8-13-19-28-25-21(4-2)20-24(27-18-14-9-12-17-26)22-15-10-11-16-23(22)25/h10-11,15-16,20H,3-9,12-14,17-19H2,1-2H3. The summed E-state index contributed by atoms with van der Waals surface area (Å²) >= 11 is 5.76. The highest BCUT2D eigenvalue weighted by Crippen LogP contribution is 2.37. The van der Waals surface area contributed by atoms with Gasteiger partial charge in [0.2, 0.25) is 0 Å². The van der Waals surface area contributed by atoms with E-state index in [4.69, 9.17) is 21.1 Å². The van der Waals surface area contributed by atoms with Gasteiger partial charge in [-0.1, -0.05) is 70.2 Å². The molecule has 0 saturated carbocycles. The van der Waals surface area contributed by atoms with Crippen LogP contribution in [0, 0.1) is 0 Å². The van der Waals surface area contributed by atoms with Gasteiger partial charge in [-0.2, -0.15) is 0 Å². The van der Waals surface area contributed by atoms with E-state index in [1.807, 2.05) is 0 Å². The van der Waals surface area contributed by atoms with Crippen LogP contribution in [0.5, 0.6) is 11.5 Å². The molecule has 0 amide bonds. The van der Waals surface area contributed by atoms with Crippen LogP contribution >= 0.6 is 11.6 Å². The van der Waals surface area contributed by atoms with Gasteiger partial charge in [-0.3, -0.25) is 0 Å². The van der Waals surface area contributed by atoms with E-state index >= 15 is 0 Å². The van der Waals surface area contributed by atoms with Crippen molar-refractivity contribution in [3.63, 3.8) is 0 Å². The predicted molar refractivity (Wildman–Crippen MR) is 122 cm³/mol. The Bertz CT molecular complexity index is 684. The number of halogens is 1. The Balaban J connectivity index is 2.03. The van der Waals surface area contributed by atoms with Crippen molar-refractivity contribution in [2.24, 2.45) is 0 Å². The minimum absolute atomic E-state index is 0.730. The van der Waals surface area contributed by atoms with Crippen molar-refractivity contribution < 1.29 is 9.47 Å². The maximum Gasteiger partial charge on any atom is 0.130 e. The second-order valence-electron chi connectivity index (χ2n) is 7.48. The molecule has 0 bridgehead atoms. The number of benzene rings is 2. The molecule has 2 rings (SSSR count).